The molecule has 1 saturated heterocycles. The topological polar surface area (TPSA) is 146 Å². The van der Waals surface area contributed by atoms with Gasteiger partial charge in [0.05, 0.1) is 12.4 Å². The Bertz CT molecular complexity index is 871. The van der Waals surface area contributed by atoms with Crippen LogP contribution < -0.4 is 16.4 Å². The molecule has 0 radical (unpaired) electrons. The third kappa shape index (κ3) is 11.2. The first kappa shape index (κ1) is 29.8. The first-order chi connectivity index (χ1) is 16.9. The van der Waals surface area contributed by atoms with E-state index < -0.39 is 0 Å². The van der Waals surface area contributed by atoms with Crippen LogP contribution in [-0.2, 0) is 27.5 Å². The molecule has 1 aromatic carbocycles. The van der Waals surface area contributed by atoms with Gasteiger partial charge in [-0.25, -0.2) is 0 Å². The minimum Gasteiger partial charge on any atom is -0.390 e. The molecule has 1 heterocycles. The monoisotopic (exact) mass is 486 g/mol. The minimum absolute atomic E-state index is 0.0624. The predicted molar refractivity (Wildman–Crippen MR) is 138 cm³/mol. The summed E-state index contributed by atoms with van der Waals surface area (Å²) in [6.07, 6.45) is 7.25. The Morgan fingerprint density at radius 3 is 2.51 bits per heavy atom. The maximum atomic E-state index is 11.9. The number of carbonyl (C=O) groups is 4. The van der Waals surface area contributed by atoms with Crippen molar-refractivity contribution in [3.8, 4) is 0 Å². The molecule has 0 bridgehead atoms. The SMILES string of the molecule is CC=NCCC(C=O)CCN=CN.CNCc1ccc(CN(C)C2CCC(=O)NC2=O)c(C=O)c1. The van der Waals surface area contributed by atoms with Crippen molar-refractivity contribution in [3.05, 3.63) is 34.9 Å². The van der Waals surface area contributed by atoms with E-state index in [1.54, 1.807) is 6.21 Å². The van der Waals surface area contributed by atoms with Gasteiger partial charge in [0.25, 0.3) is 0 Å². The summed E-state index contributed by atoms with van der Waals surface area (Å²) >= 11 is 0. The van der Waals surface area contributed by atoms with Gasteiger partial charge in [-0.15, -0.1) is 0 Å². The Balaban J connectivity index is 0.000000405. The lowest BCUT2D eigenvalue weighted by molar-refractivity contribution is -0.137. The van der Waals surface area contributed by atoms with E-state index >= 15 is 0 Å². The smallest absolute Gasteiger partial charge is 0.243 e. The van der Waals surface area contributed by atoms with E-state index in [0.717, 1.165) is 36.5 Å². The number of likely N-dealkylation sites (N-methyl/N-ethyl adjacent to an activating group) is 1. The second-order valence-corrected chi connectivity index (χ2v) is 8.26. The number of rotatable bonds is 13. The number of benzene rings is 1. The van der Waals surface area contributed by atoms with Crippen LogP contribution in [-0.4, -0.2) is 75.1 Å². The van der Waals surface area contributed by atoms with Crippen molar-refractivity contribution >= 4 is 36.9 Å². The van der Waals surface area contributed by atoms with Crippen molar-refractivity contribution in [1.82, 2.24) is 15.5 Å². The van der Waals surface area contributed by atoms with Crippen LogP contribution in [0.5, 0.6) is 0 Å². The second-order valence-electron chi connectivity index (χ2n) is 8.26. The molecule has 10 nitrogen and oxygen atoms in total. The van der Waals surface area contributed by atoms with Crippen molar-refractivity contribution in [1.29, 1.82) is 0 Å². The molecule has 192 valence electrons. The summed E-state index contributed by atoms with van der Waals surface area (Å²) in [6.45, 7) is 4.39. The van der Waals surface area contributed by atoms with Crippen LogP contribution in [0.3, 0.4) is 0 Å². The number of carbonyl (C=O) groups excluding carboxylic acids is 4. The average molecular weight is 487 g/mol. The van der Waals surface area contributed by atoms with Crippen LogP contribution in [0.1, 0.15) is 54.1 Å². The fourth-order valence-corrected chi connectivity index (χ4v) is 3.66. The highest BCUT2D eigenvalue weighted by Gasteiger charge is 2.29. The molecule has 0 aliphatic carbocycles. The first-order valence-electron chi connectivity index (χ1n) is 11.7. The van der Waals surface area contributed by atoms with Gasteiger partial charge in [-0.3, -0.25) is 34.6 Å². The molecule has 1 aromatic rings. The highest BCUT2D eigenvalue weighted by molar-refractivity contribution is 6.00. The fraction of sp³-hybridized carbons (Fsp3) is 0.520. The molecule has 1 aliphatic heterocycles. The number of aldehydes is 2. The van der Waals surface area contributed by atoms with E-state index in [4.69, 9.17) is 5.73 Å². The number of hydrogen-bond acceptors (Lipinski definition) is 8. The van der Waals surface area contributed by atoms with Crippen molar-refractivity contribution in [2.24, 2.45) is 21.6 Å². The number of nitrogens with one attached hydrogen (secondary N) is 2. The molecule has 0 aromatic heterocycles. The third-order valence-corrected chi connectivity index (χ3v) is 5.62. The van der Waals surface area contributed by atoms with Crippen molar-refractivity contribution in [2.45, 2.75) is 51.7 Å². The maximum Gasteiger partial charge on any atom is 0.243 e. The van der Waals surface area contributed by atoms with Gasteiger partial charge in [0, 0.05) is 44.1 Å². The molecule has 4 N–H and O–H groups in total. The number of amides is 2. The largest absolute Gasteiger partial charge is 0.390 e. The molecule has 2 atom stereocenters. The number of piperidine rings is 1. The van der Waals surface area contributed by atoms with E-state index in [-0.39, 0.29) is 23.8 Å². The normalized spacial score (nSPS) is 16.7. The summed E-state index contributed by atoms with van der Waals surface area (Å²) in [5, 5.41) is 5.40. The van der Waals surface area contributed by atoms with Crippen LogP contribution in [0.4, 0.5) is 0 Å². The number of nitrogens with zero attached hydrogens (tertiary/aromatic N) is 3. The molecular weight excluding hydrogens is 448 g/mol. The van der Waals surface area contributed by atoms with Gasteiger partial charge in [-0.2, -0.15) is 0 Å². The first-order valence-corrected chi connectivity index (χ1v) is 11.7. The zero-order chi connectivity index (χ0) is 26.1. The lowest BCUT2D eigenvalue weighted by Crippen LogP contribution is -2.51. The van der Waals surface area contributed by atoms with Gasteiger partial charge in [0.15, 0.2) is 0 Å². The fourth-order valence-electron chi connectivity index (χ4n) is 3.66. The minimum atomic E-state index is -0.339. The van der Waals surface area contributed by atoms with E-state index in [2.05, 4.69) is 20.6 Å². The van der Waals surface area contributed by atoms with Crippen LogP contribution >= 0.6 is 0 Å². The highest BCUT2D eigenvalue weighted by atomic mass is 16.2. The summed E-state index contributed by atoms with van der Waals surface area (Å²) in [6, 6.07) is 5.40. The van der Waals surface area contributed by atoms with Crippen LogP contribution in [0.15, 0.2) is 28.2 Å². The van der Waals surface area contributed by atoms with E-state index in [9.17, 15) is 19.2 Å². The molecule has 2 unspecified atom stereocenters. The molecular formula is C25H38N6O4. The number of imide groups is 1. The van der Waals surface area contributed by atoms with E-state index in [0.29, 0.717) is 44.6 Å². The van der Waals surface area contributed by atoms with E-state index in [1.165, 1.54) is 6.34 Å². The second kappa shape index (κ2) is 17.2. The lowest BCUT2D eigenvalue weighted by atomic mass is 10.0. The Morgan fingerprint density at radius 1 is 1.23 bits per heavy atom. The summed E-state index contributed by atoms with van der Waals surface area (Å²) in [5.41, 5.74) is 7.62. The molecule has 1 aliphatic rings. The summed E-state index contributed by atoms with van der Waals surface area (Å²) in [7, 11) is 3.68. The van der Waals surface area contributed by atoms with Crippen molar-refractivity contribution in [2.75, 3.05) is 27.2 Å². The summed E-state index contributed by atoms with van der Waals surface area (Å²) in [5.74, 6) is -0.426. The Labute approximate surface area is 207 Å². The molecule has 1 fully saturated rings. The standard InChI is InChI=1S/C16H21N3O3.C9H17N3O/c1-17-8-11-3-4-12(13(7-11)10-20)9-19(2)14-5-6-15(21)18-16(14)22;1-2-11-5-3-9(7-13)4-6-12-8-10/h3-4,7,10,14,17H,5-6,8-9H2,1-2H3,(H,18,21,22);2,7-9H,3-6H2,1H3,(H2,10,12). The molecule has 35 heavy (non-hydrogen) atoms. The third-order valence-electron chi connectivity index (χ3n) is 5.62. The number of hydrogen-bond donors (Lipinski definition) is 3. The zero-order valence-corrected chi connectivity index (χ0v) is 20.9. The van der Waals surface area contributed by atoms with Gasteiger partial charge in [0.1, 0.15) is 12.6 Å². The molecule has 0 saturated carbocycles. The molecule has 2 amide bonds. The summed E-state index contributed by atoms with van der Waals surface area (Å²) in [4.78, 5) is 54.7. The van der Waals surface area contributed by atoms with Gasteiger partial charge < -0.3 is 15.8 Å². The summed E-state index contributed by atoms with van der Waals surface area (Å²) < 4.78 is 0. The van der Waals surface area contributed by atoms with Crippen LogP contribution in [0, 0.1) is 5.92 Å². The molecule has 10 heteroatoms. The Kier molecular flexibility index (Phi) is 14.7. The molecule has 2 rings (SSSR count). The van der Waals surface area contributed by atoms with Crippen molar-refractivity contribution in [3.63, 3.8) is 0 Å². The van der Waals surface area contributed by atoms with E-state index in [1.807, 2.05) is 44.1 Å². The van der Waals surface area contributed by atoms with Gasteiger partial charge in [-0.05, 0) is 63.7 Å². The average Bonchev–Trinajstić information content (AvgIpc) is 2.84. The zero-order valence-electron chi connectivity index (χ0n) is 20.9. The quantitative estimate of drug-likeness (QED) is 0.164. The number of nitrogens with two attached hydrogens (primary N) is 1. The maximum absolute atomic E-state index is 11.9. The highest BCUT2D eigenvalue weighted by Crippen LogP contribution is 2.17. The van der Waals surface area contributed by atoms with Crippen LogP contribution in [0.2, 0.25) is 0 Å². The van der Waals surface area contributed by atoms with Gasteiger partial charge in [0.2, 0.25) is 11.8 Å². The Morgan fingerprint density at radius 2 is 1.94 bits per heavy atom. The van der Waals surface area contributed by atoms with Gasteiger partial charge >= 0.3 is 0 Å². The van der Waals surface area contributed by atoms with Crippen LogP contribution in [0.25, 0.3) is 0 Å². The lowest BCUT2D eigenvalue weighted by Gasteiger charge is -2.30. The predicted octanol–water partition coefficient (Wildman–Crippen LogP) is 1.11. The Hall–Kier alpha value is -3.24. The van der Waals surface area contributed by atoms with Gasteiger partial charge in [-0.1, -0.05) is 12.1 Å². The number of aliphatic imine (C=N–C) groups is 2. The van der Waals surface area contributed by atoms with Crippen molar-refractivity contribution < 1.29 is 19.2 Å². The molecule has 0 spiro atoms.